The van der Waals surface area contributed by atoms with Crippen LogP contribution in [0.2, 0.25) is 0 Å². The lowest BCUT2D eigenvalue weighted by atomic mass is 10.2. The summed E-state index contributed by atoms with van der Waals surface area (Å²) in [5.41, 5.74) is 1.30. The topological polar surface area (TPSA) is 0 Å². The first-order valence-electron chi connectivity index (χ1n) is 9.58. The van der Waals surface area contributed by atoms with Gasteiger partial charge in [-0.3, -0.25) is 0 Å². The maximum absolute atomic E-state index is 2.25. The van der Waals surface area contributed by atoms with Crippen LogP contribution in [0.5, 0.6) is 0 Å². The zero-order valence-corrected chi connectivity index (χ0v) is 17.7. The van der Waals surface area contributed by atoms with Gasteiger partial charge in [0.2, 0.25) is 0 Å². The third kappa shape index (κ3) is 7.49. The van der Waals surface area contributed by atoms with E-state index in [4.69, 9.17) is 0 Å². The lowest BCUT2D eigenvalue weighted by Crippen LogP contribution is -2.04. The van der Waals surface area contributed by atoms with Crippen molar-refractivity contribution in [3.05, 3.63) is 90.5 Å². The van der Waals surface area contributed by atoms with E-state index in [1.807, 2.05) is 0 Å². The van der Waals surface area contributed by atoms with Gasteiger partial charge in [-0.2, -0.15) is 0 Å². The van der Waals surface area contributed by atoms with Crippen molar-refractivity contribution in [1.29, 1.82) is 0 Å². The minimum atomic E-state index is -0.0229. The van der Waals surface area contributed by atoms with Gasteiger partial charge in [0.25, 0.3) is 0 Å². The van der Waals surface area contributed by atoms with Crippen LogP contribution < -0.4 is 0 Å². The summed E-state index contributed by atoms with van der Waals surface area (Å²) in [5.74, 6) is 0. The molecule has 3 rings (SSSR count). The minimum absolute atomic E-state index is 0.0229. The van der Waals surface area contributed by atoms with E-state index in [-0.39, 0.29) is 10.9 Å². The molecular weight excluding hydrogens is 332 g/mol. The highest BCUT2D eigenvalue weighted by atomic mass is 32.2. The van der Waals surface area contributed by atoms with E-state index in [1.54, 1.807) is 0 Å². The molecule has 0 amide bonds. The van der Waals surface area contributed by atoms with Crippen molar-refractivity contribution in [2.45, 2.75) is 62.1 Å². The van der Waals surface area contributed by atoms with Crippen molar-refractivity contribution >= 4 is 10.9 Å². The van der Waals surface area contributed by atoms with Crippen LogP contribution in [0.4, 0.5) is 0 Å². The van der Waals surface area contributed by atoms with Gasteiger partial charge >= 0.3 is 0 Å². The minimum Gasteiger partial charge on any atom is -0.0656 e. The molecule has 138 valence electrons. The van der Waals surface area contributed by atoms with Crippen molar-refractivity contribution in [1.82, 2.24) is 0 Å². The summed E-state index contributed by atoms with van der Waals surface area (Å²) in [6.07, 6.45) is 2.50. The van der Waals surface area contributed by atoms with Crippen LogP contribution in [0.15, 0.2) is 99.6 Å². The second-order valence-corrected chi connectivity index (χ2v) is 8.19. The van der Waals surface area contributed by atoms with Crippen molar-refractivity contribution in [2.24, 2.45) is 0 Å². The van der Waals surface area contributed by atoms with Gasteiger partial charge in [0.15, 0.2) is 14.7 Å². The fourth-order valence-electron chi connectivity index (χ4n) is 2.20. The molecule has 3 aromatic rings. The van der Waals surface area contributed by atoms with E-state index in [0.29, 0.717) is 0 Å². The van der Waals surface area contributed by atoms with Crippen LogP contribution in [-0.4, -0.2) is 0 Å². The standard InChI is InChI=1S/C19H17S.2C3H8/c1-16-12-14-19(15-13-16)20(17-8-4-2-5-9-17)18-10-6-3-7-11-18;2*1-3-2/h2-15H,1H3;2*3H2,1-2H3/q+1;;. The molecule has 0 bridgehead atoms. The van der Waals surface area contributed by atoms with Gasteiger partial charge < -0.3 is 0 Å². The van der Waals surface area contributed by atoms with E-state index in [1.165, 1.54) is 33.1 Å². The number of hydrogen-bond acceptors (Lipinski definition) is 0. The molecule has 0 spiro atoms. The van der Waals surface area contributed by atoms with E-state index in [2.05, 4.69) is 120 Å². The lowest BCUT2D eigenvalue weighted by molar-refractivity contribution is 1.09. The molecule has 0 aliphatic heterocycles. The molecular formula is C25H33S+. The van der Waals surface area contributed by atoms with Crippen molar-refractivity contribution in [2.75, 3.05) is 0 Å². The number of benzene rings is 3. The van der Waals surface area contributed by atoms with Gasteiger partial charge in [-0.1, -0.05) is 94.6 Å². The second-order valence-electron chi connectivity index (χ2n) is 6.16. The highest BCUT2D eigenvalue weighted by Crippen LogP contribution is 2.30. The van der Waals surface area contributed by atoms with Crippen LogP contribution in [-0.2, 0) is 10.9 Å². The quantitative estimate of drug-likeness (QED) is 0.413. The highest BCUT2D eigenvalue weighted by Gasteiger charge is 2.27. The van der Waals surface area contributed by atoms with Gasteiger partial charge in [-0.25, -0.2) is 0 Å². The van der Waals surface area contributed by atoms with Gasteiger partial charge in [0.05, 0.1) is 10.9 Å². The molecule has 0 saturated heterocycles. The molecule has 0 radical (unpaired) electrons. The third-order valence-electron chi connectivity index (χ3n) is 3.21. The predicted octanol–water partition coefficient (Wildman–Crippen LogP) is 7.92. The van der Waals surface area contributed by atoms with Crippen LogP contribution in [0, 0.1) is 6.92 Å². The Balaban J connectivity index is 0.000000499. The van der Waals surface area contributed by atoms with Crippen molar-refractivity contribution in [3.8, 4) is 0 Å². The highest BCUT2D eigenvalue weighted by molar-refractivity contribution is 7.97. The smallest absolute Gasteiger partial charge is 0.0656 e. The molecule has 0 aliphatic rings. The fourth-order valence-corrected chi connectivity index (χ4v) is 4.28. The Morgan fingerprint density at radius 3 is 1.15 bits per heavy atom. The zero-order chi connectivity index (χ0) is 19.2. The Labute approximate surface area is 163 Å². The molecule has 0 aliphatic carbocycles. The fraction of sp³-hybridized carbons (Fsp3) is 0.280. The van der Waals surface area contributed by atoms with Crippen LogP contribution in [0.1, 0.15) is 46.1 Å². The SMILES string of the molecule is CCC.CCC.Cc1ccc([S+](c2ccccc2)c2ccccc2)cc1. The second kappa shape index (κ2) is 13.2. The Hall–Kier alpha value is -1.99. The monoisotopic (exact) mass is 365 g/mol. The van der Waals surface area contributed by atoms with Gasteiger partial charge in [0, 0.05) is 0 Å². The number of rotatable bonds is 3. The molecule has 0 heterocycles. The maximum atomic E-state index is 2.25. The average molecular weight is 366 g/mol. The summed E-state index contributed by atoms with van der Waals surface area (Å²) in [6, 6.07) is 30.4. The first kappa shape index (κ1) is 22.1. The lowest BCUT2D eigenvalue weighted by Gasteiger charge is -2.07. The van der Waals surface area contributed by atoms with Crippen molar-refractivity contribution in [3.63, 3.8) is 0 Å². The molecule has 1 heteroatoms. The largest absolute Gasteiger partial charge is 0.166 e. The van der Waals surface area contributed by atoms with E-state index >= 15 is 0 Å². The number of hydrogen-bond donors (Lipinski definition) is 0. The Morgan fingerprint density at radius 2 is 0.808 bits per heavy atom. The van der Waals surface area contributed by atoms with Crippen LogP contribution in [0.3, 0.4) is 0 Å². The summed E-state index contributed by atoms with van der Waals surface area (Å²) < 4.78 is 0. The van der Waals surface area contributed by atoms with Crippen molar-refractivity contribution < 1.29 is 0 Å². The van der Waals surface area contributed by atoms with Gasteiger partial charge in [-0.05, 0) is 43.3 Å². The molecule has 0 N–H and O–H groups in total. The molecule has 0 nitrogen and oxygen atoms in total. The molecule has 3 aromatic carbocycles. The van der Waals surface area contributed by atoms with E-state index in [9.17, 15) is 0 Å². The van der Waals surface area contributed by atoms with Crippen LogP contribution in [0.25, 0.3) is 0 Å². The van der Waals surface area contributed by atoms with Crippen LogP contribution >= 0.6 is 0 Å². The Bertz CT molecular complexity index is 646. The maximum Gasteiger partial charge on any atom is 0.166 e. The predicted molar refractivity (Wildman–Crippen MR) is 118 cm³/mol. The first-order valence-corrected chi connectivity index (χ1v) is 10.8. The summed E-state index contributed by atoms with van der Waals surface area (Å²) in [5, 5.41) is 0. The Kier molecular flexibility index (Phi) is 11.2. The molecule has 0 atom stereocenters. The summed E-state index contributed by atoms with van der Waals surface area (Å²) in [7, 11) is -0.0229. The third-order valence-corrected chi connectivity index (χ3v) is 5.45. The van der Waals surface area contributed by atoms with E-state index in [0.717, 1.165) is 0 Å². The van der Waals surface area contributed by atoms with Gasteiger partial charge in [0.1, 0.15) is 0 Å². The molecule has 0 unspecified atom stereocenters. The summed E-state index contributed by atoms with van der Waals surface area (Å²) in [6.45, 7) is 10.6. The molecule has 26 heavy (non-hydrogen) atoms. The van der Waals surface area contributed by atoms with E-state index < -0.39 is 0 Å². The summed E-state index contributed by atoms with van der Waals surface area (Å²) >= 11 is 0. The first-order chi connectivity index (χ1) is 12.7. The summed E-state index contributed by atoms with van der Waals surface area (Å²) in [4.78, 5) is 4.10. The normalized spacial score (nSPS) is 9.62. The Morgan fingerprint density at radius 1 is 0.500 bits per heavy atom. The average Bonchev–Trinajstić information content (AvgIpc) is 2.67. The zero-order valence-electron chi connectivity index (χ0n) is 16.9. The molecule has 0 fully saturated rings. The van der Waals surface area contributed by atoms with Gasteiger partial charge in [-0.15, -0.1) is 0 Å². The molecule has 0 saturated carbocycles. The number of aryl methyl sites for hydroxylation is 1. The molecule has 0 aromatic heterocycles.